The Morgan fingerprint density at radius 2 is 1.47 bits per heavy atom. The van der Waals surface area contributed by atoms with Crippen molar-refractivity contribution in [3.63, 3.8) is 0 Å². The minimum Gasteiger partial charge on any atom is -0.414 e. The molecular formula is C30H60O4Si2. The first kappa shape index (κ1) is 30.8. The highest BCUT2D eigenvalue weighted by Crippen LogP contribution is 2.65. The zero-order valence-corrected chi connectivity index (χ0v) is 27.6. The Morgan fingerprint density at radius 1 is 0.889 bits per heavy atom. The predicted octanol–water partition coefficient (Wildman–Crippen LogP) is 7.61. The Bertz CT molecular complexity index is 739. The van der Waals surface area contributed by atoms with Crippen LogP contribution in [0.2, 0.25) is 36.3 Å². The Morgan fingerprint density at radius 3 is 1.97 bits per heavy atom. The molecule has 36 heavy (non-hydrogen) atoms. The Labute approximate surface area is 225 Å². The molecule has 0 aliphatic heterocycles. The van der Waals surface area contributed by atoms with Gasteiger partial charge in [-0.1, -0.05) is 62.3 Å². The smallest absolute Gasteiger partial charge is 0.192 e. The minimum atomic E-state index is -2.03. The number of hydrogen-bond donors (Lipinski definition) is 2. The van der Waals surface area contributed by atoms with Crippen LogP contribution < -0.4 is 0 Å². The van der Waals surface area contributed by atoms with Crippen molar-refractivity contribution in [1.29, 1.82) is 0 Å². The summed E-state index contributed by atoms with van der Waals surface area (Å²) in [6, 6.07) is 3.56. The molecular weight excluding hydrogens is 480 g/mol. The first-order valence-electron chi connectivity index (χ1n) is 15.2. The normalized spacial score (nSPS) is 42.1. The van der Waals surface area contributed by atoms with Crippen molar-refractivity contribution in [1.82, 2.24) is 0 Å². The summed E-state index contributed by atoms with van der Waals surface area (Å²) in [5.41, 5.74) is -0.382. The van der Waals surface area contributed by atoms with Gasteiger partial charge < -0.3 is 19.1 Å². The monoisotopic (exact) mass is 540 g/mol. The number of fused-ring (bicyclic) bond motifs is 3. The molecule has 3 rings (SSSR count). The van der Waals surface area contributed by atoms with E-state index in [1.165, 1.54) is 24.6 Å². The van der Waals surface area contributed by atoms with Gasteiger partial charge in [0.1, 0.15) is 0 Å². The van der Waals surface area contributed by atoms with E-state index in [0.717, 1.165) is 19.3 Å². The molecule has 3 fully saturated rings. The maximum absolute atomic E-state index is 11.2. The van der Waals surface area contributed by atoms with Crippen LogP contribution in [0.5, 0.6) is 0 Å². The van der Waals surface area contributed by atoms with E-state index in [1.807, 2.05) is 0 Å². The van der Waals surface area contributed by atoms with Gasteiger partial charge in [-0.3, -0.25) is 0 Å². The van der Waals surface area contributed by atoms with E-state index in [9.17, 15) is 10.2 Å². The van der Waals surface area contributed by atoms with Crippen LogP contribution in [0.4, 0.5) is 0 Å². The highest BCUT2D eigenvalue weighted by Gasteiger charge is 2.64. The van der Waals surface area contributed by atoms with Crippen LogP contribution in [-0.2, 0) is 8.85 Å². The average molecular weight is 541 g/mol. The molecule has 0 aromatic heterocycles. The van der Waals surface area contributed by atoms with Gasteiger partial charge in [0.15, 0.2) is 16.6 Å². The molecule has 3 aliphatic carbocycles. The summed E-state index contributed by atoms with van der Waals surface area (Å²) >= 11 is 0. The molecule has 0 unspecified atom stereocenters. The largest absolute Gasteiger partial charge is 0.414 e. The summed E-state index contributed by atoms with van der Waals surface area (Å²) in [6.45, 7) is 26.0. The molecule has 2 N–H and O–H groups in total. The molecule has 0 amide bonds. The first-order chi connectivity index (χ1) is 16.5. The summed E-state index contributed by atoms with van der Waals surface area (Å²) in [6.07, 6.45) is 4.95. The SMILES string of the molecule is CC[Si](CC)(CC)O[C@@H]1C[C@H](C)C[C@@H]2[C@@H]1C[C@H](O[Si](C)(C)C(C)(C)C)[C@@H]1[C@](C)(CO)C[C@H](O)C[C@@]21C. The summed E-state index contributed by atoms with van der Waals surface area (Å²) in [5, 5.41) is 22.1. The Balaban J connectivity index is 2.10. The van der Waals surface area contributed by atoms with Crippen molar-refractivity contribution in [3.05, 3.63) is 0 Å². The van der Waals surface area contributed by atoms with Crippen LogP contribution in [0, 0.1) is 34.5 Å². The van der Waals surface area contributed by atoms with Crippen molar-refractivity contribution in [2.24, 2.45) is 34.5 Å². The van der Waals surface area contributed by atoms with Crippen molar-refractivity contribution in [2.75, 3.05) is 6.61 Å². The molecule has 9 atom stereocenters. The van der Waals surface area contributed by atoms with Crippen molar-refractivity contribution in [2.45, 2.75) is 149 Å². The molecule has 0 aromatic carbocycles. The quantitative estimate of drug-likeness (QED) is 0.311. The fraction of sp³-hybridized carbons (Fsp3) is 1.00. The molecule has 3 saturated carbocycles. The fourth-order valence-corrected chi connectivity index (χ4v) is 13.0. The molecule has 3 aliphatic rings. The number of rotatable bonds is 8. The highest BCUT2D eigenvalue weighted by molar-refractivity contribution is 6.74. The third-order valence-corrected chi connectivity index (χ3v) is 21.0. The zero-order valence-electron chi connectivity index (χ0n) is 25.6. The van der Waals surface area contributed by atoms with Gasteiger partial charge in [-0.15, -0.1) is 0 Å². The molecule has 212 valence electrons. The first-order valence-corrected chi connectivity index (χ1v) is 20.6. The lowest BCUT2D eigenvalue weighted by Crippen LogP contribution is -2.66. The summed E-state index contributed by atoms with van der Waals surface area (Å²) in [5.74, 6) is 1.86. The van der Waals surface area contributed by atoms with Gasteiger partial charge in [0, 0.05) is 18.8 Å². The lowest BCUT2D eigenvalue weighted by Gasteiger charge is -2.66. The second-order valence-corrected chi connectivity index (χ2v) is 24.7. The summed E-state index contributed by atoms with van der Waals surface area (Å²) < 4.78 is 14.7. The highest BCUT2D eigenvalue weighted by atomic mass is 28.4. The van der Waals surface area contributed by atoms with Gasteiger partial charge in [-0.2, -0.15) is 0 Å². The zero-order chi connectivity index (χ0) is 27.3. The van der Waals surface area contributed by atoms with Gasteiger partial charge in [0.05, 0.1) is 6.10 Å². The topological polar surface area (TPSA) is 58.9 Å². The predicted molar refractivity (Wildman–Crippen MR) is 156 cm³/mol. The Hall–Kier alpha value is 0.274. The third kappa shape index (κ3) is 5.47. The van der Waals surface area contributed by atoms with Crippen LogP contribution in [0.25, 0.3) is 0 Å². The van der Waals surface area contributed by atoms with E-state index >= 15 is 0 Å². The Kier molecular flexibility index (Phi) is 9.14. The van der Waals surface area contributed by atoms with Crippen LogP contribution in [-0.4, -0.2) is 51.8 Å². The van der Waals surface area contributed by atoms with Crippen LogP contribution >= 0.6 is 0 Å². The van der Waals surface area contributed by atoms with Gasteiger partial charge in [-0.05, 0) is 103 Å². The summed E-state index contributed by atoms with van der Waals surface area (Å²) in [7, 11) is -3.78. The molecule has 0 radical (unpaired) electrons. The minimum absolute atomic E-state index is 0.0593. The van der Waals surface area contributed by atoms with E-state index in [-0.39, 0.29) is 40.6 Å². The number of aliphatic hydroxyl groups excluding tert-OH is 2. The lowest BCUT2D eigenvalue weighted by atomic mass is 9.42. The summed E-state index contributed by atoms with van der Waals surface area (Å²) in [4.78, 5) is 0. The van der Waals surface area contributed by atoms with E-state index < -0.39 is 16.6 Å². The second-order valence-electron chi connectivity index (χ2n) is 15.3. The molecule has 0 bridgehead atoms. The van der Waals surface area contributed by atoms with Gasteiger partial charge in [0.2, 0.25) is 0 Å². The van der Waals surface area contributed by atoms with Gasteiger partial charge in [0.25, 0.3) is 0 Å². The van der Waals surface area contributed by atoms with E-state index in [1.54, 1.807) is 0 Å². The number of aliphatic hydroxyl groups is 2. The third-order valence-electron chi connectivity index (χ3n) is 11.8. The second kappa shape index (κ2) is 10.7. The molecule has 6 heteroatoms. The van der Waals surface area contributed by atoms with Crippen molar-refractivity contribution in [3.8, 4) is 0 Å². The van der Waals surface area contributed by atoms with Crippen LogP contribution in [0.3, 0.4) is 0 Å². The standard InChI is InChI=1S/C30H60O4Si2/c1-12-36(13-2,14-3)34-25-16-21(4)15-24-23(25)17-26(33-35(10,11)28(5,6)7)27-29(8,20-31)18-22(32)19-30(24,27)9/h21-27,31-32H,12-20H2,1-11H3/t21-,22+,23+,24-,25-,26+,27-,29+,30+/m1/s1. The fourth-order valence-electron chi connectivity index (χ4n) is 8.73. The van der Waals surface area contributed by atoms with Gasteiger partial charge in [-0.25, -0.2) is 0 Å². The molecule has 0 aromatic rings. The van der Waals surface area contributed by atoms with Crippen LogP contribution in [0.15, 0.2) is 0 Å². The maximum Gasteiger partial charge on any atom is 0.192 e. The van der Waals surface area contributed by atoms with E-state index in [0.29, 0.717) is 30.3 Å². The lowest BCUT2D eigenvalue weighted by molar-refractivity contribution is -0.216. The van der Waals surface area contributed by atoms with E-state index in [4.69, 9.17) is 8.85 Å². The number of hydrogen-bond acceptors (Lipinski definition) is 4. The average Bonchev–Trinajstić information content (AvgIpc) is 2.76. The molecule has 4 nitrogen and oxygen atoms in total. The molecule has 0 heterocycles. The van der Waals surface area contributed by atoms with Crippen molar-refractivity contribution >= 4 is 16.6 Å². The van der Waals surface area contributed by atoms with Crippen molar-refractivity contribution < 1.29 is 19.1 Å². The van der Waals surface area contributed by atoms with Crippen LogP contribution in [0.1, 0.15) is 94.4 Å². The molecule has 0 spiro atoms. The maximum atomic E-state index is 11.2. The van der Waals surface area contributed by atoms with Gasteiger partial charge >= 0.3 is 0 Å². The van der Waals surface area contributed by atoms with E-state index in [2.05, 4.69) is 75.4 Å². The molecule has 0 saturated heterocycles.